The Morgan fingerprint density at radius 3 is 1.45 bits per heavy atom. The topological polar surface area (TPSA) is 38.7 Å². The van der Waals surface area contributed by atoms with Crippen molar-refractivity contribution in [1.29, 1.82) is 0 Å². The van der Waals surface area contributed by atoms with Gasteiger partial charge in [-0.05, 0) is 84.9 Å². The summed E-state index contributed by atoms with van der Waals surface area (Å²) in [5.74, 6) is 1.96. The first kappa shape index (κ1) is 31.5. The van der Waals surface area contributed by atoms with Crippen molar-refractivity contribution in [3.63, 3.8) is 0 Å². The van der Waals surface area contributed by atoms with Crippen molar-refractivity contribution in [1.82, 2.24) is 15.0 Å². The number of hydrogen-bond donors (Lipinski definition) is 0. The van der Waals surface area contributed by atoms with E-state index in [2.05, 4.69) is 188 Å². The number of hydrogen-bond acceptors (Lipinski definition) is 4. The molecule has 0 fully saturated rings. The second-order valence-corrected chi connectivity index (χ2v) is 15.0. The lowest BCUT2D eigenvalue weighted by Crippen LogP contribution is -2.01. The van der Waals surface area contributed by atoms with Gasteiger partial charge in [0.25, 0.3) is 0 Å². The molecule has 55 heavy (non-hydrogen) atoms. The van der Waals surface area contributed by atoms with E-state index in [1.54, 1.807) is 11.3 Å². The van der Waals surface area contributed by atoms with Crippen LogP contribution in [0.3, 0.4) is 0 Å². The van der Waals surface area contributed by atoms with E-state index < -0.39 is 0 Å². The maximum Gasteiger partial charge on any atom is 0.165 e. The molecule has 2 aromatic heterocycles. The zero-order valence-electron chi connectivity index (χ0n) is 29.6. The van der Waals surface area contributed by atoms with Gasteiger partial charge < -0.3 is 0 Å². The maximum atomic E-state index is 5.35. The summed E-state index contributed by atoms with van der Waals surface area (Å²) >= 11 is 1.79. The molecule has 0 atom stereocenters. The van der Waals surface area contributed by atoms with Crippen LogP contribution >= 0.6 is 11.3 Å². The Labute approximate surface area is 321 Å². The zero-order valence-corrected chi connectivity index (χ0v) is 30.5. The SMILES string of the molecule is c1ccc(-c2ccc(-c3nc(-c4ccc(-c5ccc6ccccc6c5)c5ccccc45)nc(-c4cccc5c4sc4ccccc45)n3)c3ccccc23)cc1. The summed E-state index contributed by atoms with van der Waals surface area (Å²) in [5, 5.41) is 9.43. The minimum atomic E-state index is 0.649. The Morgan fingerprint density at radius 1 is 0.291 bits per heavy atom. The van der Waals surface area contributed by atoms with Gasteiger partial charge in [-0.15, -0.1) is 11.3 Å². The second kappa shape index (κ2) is 12.8. The minimum Gasteiger partial charge on any atom is -0.208 e. The average molecular weight is 718 g/mol. The predicted molar refractivity (Wildman–Crippen MR) is 232 cm³/mol. The van der Waals surface area contributed by atoms with Crippen molar-refractivity contribution >= 4 is 63.8 Å². The summed E-state index contributed by atoms with van der Waals surface area (Å²) in [6.45, 7) is 0. The van der Waals surface area contributed by atoms with Gasteiger partial charge in [0.1, 0.15) is 0 Å². The Kier molecular flexibility index (Phi) is 7.35. The van der Waals surface area contributed by atoms with Crippen LogP contribution in [-0.2, 0) is 0 Å². The Balaban J connectivity index is 1.16. The fourth-order valence-corrected chi connectivity index (χ4v) is 9.34. The van der Waals surface area contributed by atoms with Crippen LogP contribution in [0.25, 0.3) is 109 Å². The van der Waals surface area contributed by atoms with Gasteiger partial charge in [0.15, 0.2) is 17.5 Å². The molecule has 0 spiro atoms. The van der Waals surface area contributed by atoms with Crippen molar-refractivity contribution in [3.05, 3.63) is 188 Å². The number of nitrogens with zero attached hydrogens (tertiary/aromatic N) is 3. The molecule has 0 amide bonds. The molecule has 2 heterocycles. The summed E-state index contributed by atoms with van der Waals surface area (Å²) in [6, 6.07) is 66.9. The highest BCUT2D eigenvalue weighted by Gasteiger charge is 2.20. The first-order valence-electron chi connectivity index (χ1n) is 18.5. The monoisotopic (exact) mass is 717 g/mol. The van der Waals surface area contributed by atoms with Gasteiger partial charge in [-0.3, -0.25) is 0 Å². The molecule has 4 heteroatoms. The van der Waals surface area contributed by atoms with E-state index in [0.717, 1.165) is 38.2 Å². The third-order valence-corrected chi connectivity index (χ3v) is 12.0. The number of aromatic nitrogens is 3. The van der Waals surface area contributed by atoms with E-state index in [1.165, 1.54) is 53.2 Å². The highest BCUT2D eigenvalue weighted by atomic mass is 32.1. The smallest absolute Gasteiger partial charge is 0.165 e. The van der Waals surface area contributed by atoms with Gasteiger partial charge in [0.2, 0.25) is 0 Å². The van der Waals surface area contributed by atoms with E-state index in [9.17, 15) is 0 Å². The highest BCUT2D eigenvalue weighted by molar-refractivity contribution is 7.26. The largest absolute Gasteiger partial charge is 0.208 e. The van der Waals surface area contributed by atoms with E-state index in [-0.39, 0.29) is 0 Å². The van der Waals surface area contributed by atoms with Crippen LogP contribution in [-0.4, -0.2) is 15.0 Å². The third kappa shape index (κ3) is 5.30. The summed E-state index contributed by atoms with van der Waals surface area (Å²) in [4.78, 5) is 16.0. The van der Waals surface area contributed by atoms with Crippen LogP contribution in [0.15, 0.2) is 188 Å². The summed E-state index contributed by atoms with van der Waals surface area (Å²) in [6.07, 6.45) is 0. The molecule has 0 aliphatic heterocycles. The Morgan fingerprint density at radius 2 is 0.782 bits per heavy atom. The molecule has 0 saturated heterocycles. The predicted octanol–water partition coefficient (Wildman–Crippen LogP) is 14.0. The fourth-order valence-electron chi connectivity index (χ4n) is 8.13. The first-order chi connectivity index (χ1) is 27.3. The van der Waals surface area contributed by atoms with Gasteiger partial charge in [-0.25, -0.2) is 15.0 Å². The quantitative estimate of drug-likeness (QED) is 0.178. The van der Waals surface area contributed by atoms with Crippen LogP contribution in [0.2, 0.25) is 0 Å². The standard InChI is InChI=1S/C51H31N3S/c1-2-14-33(15-3-1)36-27-29-44(40-19-8-6-17-38(36)40)49-52-50(54-51(53-49)46-23-12-22-43-42-21-10-11-24-47(42)55-48(43)46)45-30-28-37(39-18-7-9-20-41(39)45)35-26-25-32-13-4-5-16-34(32)31-35/h1-31H. The van der Waals surface area contributed by atoms with E-state index >= 15 is 0 Å². The lowest BCUT2D eigenvalue weighted by atomic mass is 9.93. The molecule has 11 aromatic rings. The summed E-state index contributed by atoms with van der Waals surface area (Å²) in [7, 11) is 0. The molecule has 0 aliphatic carbocycles. The number of fused-ring (bicyclic) bond motifs is 6. The minimum absolute atomic E-state index is 0.649. The van der Waals surface area contributed by atoms with Crippen LogP contribution < -0.4 is 0 Å². The lowest BCUT2D eigenvalue weighted by molar-refractivity contribution is 1.08. The Bertz CT molecular complexity index is 3270. The van der Waals surface area contributed by atoms with Gasteiger partial charge in [-0.2, -0.15) is 0 Å². The summed E-state index contributed by atoms with van der Waals surface area (Å²) in [5.41, 5.74) is 7.67. The third-order valence-electron chi connectivity index (χ3n) is 10.8. The molecule has 0 bridgehead atoms. The van der Waals surface area contributed by atoms with E-state index in [0.29, 0.717) is 17.5 Å². The molecule has 0 radical (unpaired) electrons. The van der Waals surface area contributed by atoms with Crippen LogP contribution in [0.4, 0.5) is 0 Å². The molecule has 0 aliphatic rings. The molecular weight excluding hydrogens is 687 g/mol. The molecule has 9 aromatic carbocycles. The van der Waals surface area contributed by atoms with E-state index in [1.807, 2.05) is 0 Å². The van der Waals surface area contributed by atoms with Gasteiger partial charge in [-0.1, -0.05) is 158 Å². The van der Waals surface area contributed by atoms with Gasteiger partial charge >= 0.3 is 0 Å². The van der Waals surface area contributed by atoms with Crippen LogP contribution in [0, 0.1) is 0 Å². The van der Waals surface area contributed by atoms with Crippen LogP contribution in [0.5, 0.6) is 0 Å². The molecule has 0 N–H and O–H groups in total. The molecule has 0 unspecified atom stereocenters. The number of benzene rings is 9. The van der Waals surface area contributed by atoms with Crippen molar-refractivity contribution in [2.24, 2.45) is 0 Å². The number of thiophene rings is 1. The molecule has 256 valence electrons. The molecule has 11 rings (SSSR count). The summed E-state index contributed by atoms with van der Waals surface area (Å²) < 4.78 is 2.42. The molecule has 0 saturated carbocycles. The Hall–Kier alpha value is -7.01. The maximum absolute atomic E-state index is 5.35. The normalized spacial score (nSPS) is 11.6. The molecular formula is C51H31N3S. The van der Waals surface area contributed by atoms with Gasteiger partial charge in [0, 0.05) is 36.9 Å². The lowest BCUT2D eigenvalue weighted by Gasteiger charge is -2.15. The van der Waals surface area contributed by atoms with Crippen molar-refractivity contribution in [2.75, 3.05) is 0 Å². The highest BCUT2D eigenvalue weighted by Crippen LogP contribution is 2.42. The first-order valence-corrected chi connectivity index (χ1v) is 19.3. The van der Waals surface area contributed by atoms with Crippen molar-refractivity contribution < 1.29 is 0 Å². The fraction of sp³-hybridized carbons (Fsp3) is 0. The van der Waals surface area contributed by atoms with Crippen LogP contribution in [0.1, 0.15) is 0 Å². The van der Waals surface area contributed by atoms with E-state index in [4.69, 9.17) is 15.0 Å². The number of rotatable bonds is 5. The van der Waals surface area contributed by atoms with Crippen molar-refractivity contribution in [2.45, 2.75) is 0 Å². The molecule has 3 nitrogen and oxygen atoms in total. The van der Waals surface area contributed by atoms with Crippen molar-refractivity contribution in [3.8, 4) is 56.4 Å². The second-order valence-electron chi connectivity index (χ2n) is 13.9. The van der Waals surface area contributed by atoms with Gasteiger partial charge in [0.05, 0.1) is 0 Å². The zero-order chi connectivity index (χ0) is 36.3. The average Bonchev–Trinajstić information content (AvgIpc) is 3.65.